The molecule has 0 amide bonds. The van der Waals surface area contributed by atoms with Gasteiger partial charge in [-0.05, 0) is 49.9 Å². The van der Waals surface area contributed by atoms with E-state index in [4.69, 9.17) is 5.73 Å². The number of nitrogens with zero attached hydrogens (tertiary/aromatic N) is 1. The Morgan fingerprint density at radius 3 is 2.82 bits per heavy atom. The van der Waals surface area contributed by atoms with Gasteiger partial charge >= 0.3 is 0 Å². The Morgan fingerprint density at radius 1 is 1.41 bits per heavy atom. The number of rotatable bonds is 4. The fourth-order valence-corrected chi connectivity index (χ4v) is 4.99. The molecule has 1 saturated carbocycles. The van der Waals surface area contributed by atoms with E-state index in [0.717, 1.165) is 18.5 Å². The summed E-state index contributed by atoms with van der Waals surface area (Å²) in [4.78, 5) is 2.60. The van der Waals surface area contributed by atoms with Gasteiger partial charge in [-0.2, -0.15) is 11.8 Å². The molecule has 3 unspecified atom stereocenters. The van der Waals surface area contributed by atoms with Crippen molar-refractivity contribution in [2.24, 2.45) is 17.1 Å². The molecule has 0 aromatic rings. The van der Waals surface area contributed by atoms with Gasteiger partial charge in [-0.15, -0.1) is 0 Å². The maximum Gasteiger partial charge on any atom is 0.0191 e. The number of nitrogens with two attached hydrogens (primary N) is 1. The molecule has 1 heterocycles. The molecule has 100 valence electrons. The molecule has 3 atom stereocenters. The summed E-state index contributed by atoms with van der Waals surface area (Å²) in [5.74, 6) is 3.55. The summed E-state index contributed by atoms with van der Waals surface area (Å²) in [6.45, 7) is 4.50. The van der Waals surface area contributed by atoms with Crippen molar-refractivity contribution in [3.05, 3.63) is 0 Å². The highest BCUT2D eigenvalue weighted by atomic mass is 32.2. The molecule has 1 aliphatic heterocycles. The maximum absolute atomic E-state index is 6.12. The second-order valence-corrected chi connectivity index (χ2v) is 7.49. The third-order valence-electron chi connectivity index (χ3n) is 4.73. The first kappa shape index (κ1) is 13.7. The first-order valence-corrected chi connectivity index (χ1v) is 8.29. The van der Waals surface area contributed by atoms with Crippen LogP contribution >= 0.6 is 11.8 Å². The van der Waals surface area contributed by atoms with E-state index < -0.39 is 0 Å². The zero-order valence-electron chi connectivity index (χ0n) is 11.5. The largest absolute Gasteiger partial charge is 0.330 e. The summed E-state index contributed by atoms with van der Waals surface area (Å²) in [6, 6.07) is 0.806. The van der Waals surface area contributed by atoms with Gasteiger partial charge in [0, 0.05) is 18.3 Å². The van der Waals surface area contributed by atoms with Crippen LogP contribution in [0.3, 0.4) is 0 Å². The van der Waals surface area contributed by atoms with Crippen molar-refractivity contribution < 1.29 is 0 Å². The van der Waals surface area contributed by atoms with Crippen LogP contribution in [0.2, 0.25) is 0 Å². The minimum absolute atomic E-state index is 0.416. The van der Waals surface area contributed by atoms with E-state index >= 15 is 0 Å². The molecule has 0 aromatic carbocycles. The summed E-state index contributed by atoms with van der Waals surface area (Å²) < 4.78 is 0. The van der Waals surface area contributed by atoms with Crippen molar-refractivity contribution in [1.82, 2.24) is 4.90 Å². The second kappa shape index (κ2) is 5.94. The fourth-order valence-electron chi connectivity index (χ4n) is 3.69. The summed E-state index contributed by atoms with van der Waals surface area (Å²) in [5.41, 5.74) is 6.53. The average Bonchev–Trinajstić information content (AvgIpc) is 2.82. The van der Waals surface area contributed by atoms with Crippen molar-refractivity contribution in [1.29, 1.82) is 0 Å². The maximum atomic E-state index is 6.12. The van der Waals surface area contributed by atoms with E-state index in [-0.39, 0.29) is 0 Å². The quantitative estimate of drug-likeness (QED) is 0.838. The van der Waals surface area contributed by atoms with Crippen LogP contribution < -0.4 is 5.73 Å². The van der Waals surface area contributed by atoms with Crippen molar-refractivity contribution in [3.63, 3.8) is 0 Å². The van der Waals surface area contributed by atoms with Gasteiger partial charge in [0.1, 0.15) is 0 Å². The number of hydrogen-bond donors (Lipinski definition) is 1. The molecule has 0 bridgehead atoms. The van der Waals surface area contributed by atoms with Crippen LogP contribution in [0.5, 0.6) is 0 Å². The van der Waals surface area contributed by atoms with Gasteiger partial charge in [0.25, 0.3) is 0 Å². The summed E-state index contributed by atoms with van der Waals surface area (Å²) >= 11 is 2.11. The number of thioether (sulfide) groups is 1. The van der Waals surface area contributed by atoms with E-state index in [0.29, 0.717) is 5.41 Å². The Kier molecular flexibility index (Phi) is 4.79. The van der Waals surface area contributed by atoms with Crippen LogP contribution in [0.15, 0.2) is 0 Å². The molecule has 2 aliphatic rings. The average molecular weight is 256 g/mol. The molecule has 2 fully saturated rings. The lowest BCUT2D eigenvalue weighted by Gasteiger charge is -2.43. The van der Waals surface area contributed by atoms with E-state index in [1.54, 1.807) is 0 Å². The SMILES string of the molecule is CC1CCCC(CN)(CN(C)C2CCSC2)C1. The molecule has 0 radical (unpaired) electrons. The molecule has 0 aromatic heterocycles. The Bertz CT molecular complexity index is 240. The lowest BCUT2D eigenvalue weighted by Crippen LogP contribution is -2.47. The Labute approximate surface area is 111 Å². The molecule has 1 aliphatic carbocycles. The fraction of sp³-hybridized carbons (Fsp3) is 1.00. The Balaban J connectivity index is 1.93. The van der Waals surface area contributed by atoms with E-state index in [1.165, 1.54) is 50.2 Å². The molecule has 1 saturated heterocycles. The van der Waals surface area contributed by atoms with Gasteiger partial charge in [0.15, 0.2) is 0 Å². The van der Waals surface area contributed by atoms with Gasteiger partial charge in [0.05, 0.1) is 0 Å². The molecule has 2 N–H and O–H groups in total. The van der Waals surface area contributed by atoms with Gasteiger partial charge < -0.3 is 10.6 Å². The highest BCUT2D eigenvalue weighted by molar-refractivity contribution is 7.99. The van der Waals surface area contributed by atoms with Gasteiger partial charge in [0.2, 0.25) is 0 Å². The first-order valence-electron chi connectivity index (χ1n) is 7.13. The molecule has 2 rings (SSSR count). The standard InChI is InChI=1S/C14H28N2S/c1-12-4-3-6-14(8-12,10-15)11-16(2)13-5-7-17-9-13/h12-13H,3-11,15H2,1-2H3. The van der Waals surface area contributed by atoms with Crippen molar-refractivity contribution in [3.8, 4) is 0 Å². The van der Waals surface area contributed by atoms with Crippen LogP contribution in [0.4, 0.5) is 0 Å². The smallest absolute Gasteiger partial charge is 0.0191 e. The molecule has 2 nitrogen and oxygen atoms in total. The first-order chi connectivity index (χ1) is 8.15. The number of hydrogen-bond acceptors (Lipinski definition) is 3. The van der Waals surface area contributed by atoms with E-state index in [9.17, 15) is 0 Å². The highest BCUT2D eigenvalue weighted by Gasteiger charge is 2.36. The minimum atomic E-state index is 0.416. The third-order valence-corrected chi connectivity index (χ3v) is 5.88. The van der Waals surface area contributed by atoms with Crippen LogP contribution in [-0.2, 0) is 0 Å². The zero-order valence-corrected chi connectivity index (χ0v) is 12.3. The van der Waals surface area contributed by atoms with Crippen molar-refractivity contribution in [2.75, 3.05) is 31.6 Å². The Morgan fingerprint density at radius 2 is 2.24 bits per heavy atom. The molecular weight excluding hydrogens is 228 g/mol. The van der Waals surface area contributed by atoms with Gasteiger partial charge in [-0.1, -0.05) is 19.8 Å². The van der Waals surface area contributed by atoms with E-state index in [2.05, 4.69) is 30.6 Å². The second-order valence-electron chi connectivity index (χ2n) is 6.34. The zero-order chi connectivity index (χ0) is 12.3. The molecular formula is C14H28N2S. The normalized spacial score (nSPS) is 38.8. The van der Waals surface area contributed by atoms with Crippen LogP contribution in [0.25, 0.3) is 0 Å². The van der Waals surface area contributed by atoms with Crippen LogP contribution in [-0.4, -0.2) is 42.6 Å². The van der Waals surface area contributed by atoms with Crippen molar-refractivity contribution in [2.45, 2.75) is 45.1 Å². The van der Waals surface area contributed by atoms with Crippen molar-refractivity contribution >= 4 is 11.8 Å². The summed E-state index contributed by atoms with van der Waals surface area (Å²) in [7, 11) is 2.31. The Hall–Kier alpha value is 0.270. The van der Waals surface area contributed by atoms with Crippen LogP contribution in [0.1, 0.15) is 39.0 Å². The van der Waals surface area contributed by atoms with Crippen LogP contribution in [0, 0.1) is 11.3 Å². The predicted molar refractivity (Wildman–Crippen MR) is 77.5 cm³/mol. The molecule has 17 heavy (non-hydrogen) atoms. The minimum Gasteiger partial charge on any atom is -0.330 e. The molecule has 3 heteroatoms. The predicted octanol–water partition coefficient (Wildman–Crippen LogP) is 2.58. The monoisotopic (exact) mass is 256 g/mol. The lowest BCUT2D eigenvalue weighted by atomic mass is 9.69. The van der Waals surface area contributed by atoms with E-state index in [1.807, 2.05) is 0 Å². The highest BCUT2D eigenvalue weighted by Crippen LogP contribution is 2.39. The topological polar surface area (TPSA) is 29.3 Å². The summed E-state index contributed by atoms with van der Waals surface area (Å²) in [6.07, 6.45) is 6.85. The van der Waals surface area contributed by atoms with Gasteiger partial charge in [-0.3, -0.25) is 0 Å². The lowest BCUT2D eigenvalue weighted by molar-refractivity contribution is 0.0854. The van der Waals surface area contributed by atoms with Gasteiger partial charge in [-0.25, -0.2) is 0 Å². The third kappa shape index (κ3) is 3.39. The summed E-state index contributed by atoms with van der Waals surface area (Å²) in [5, 5.41) is 0. The molecule has 0 spiro atoms.